The van der Waals surface area contributed by atoms with Crippen LogP contribution in [0.3, 0.4) is 0 Å². The smallest absolute Gasteiger partial charge is 0.255 e. The van der Waals surface area contributed by atoms with Gasteiger partial charge in [0.1, 0.15) is 23.7 Å². The predicted octanol–water partition coefficient (Wildman–Crippen LogP) is 6.85. The van der Waals surface area contributed by atoms with Crippen molar-refractivity contribution < 1.29 is 9.53 Å². The number of anilines is 3. The van der Waals surface area contributed by atoms with Gasteiger partial charge in [-0.3, -0.25) is 9.89 Å². The molecule has 2 aliphatic rings. The van der Waals surface area contributed by atoms with E-state index in [-0.39, 0.29) is 10.7 Å². The Bertz CT molecular complexity index is 1750. The lowest BCUT2D eigenvalue weighted by Crippen LogP contribution is -2.52. The zero-order valence-electron chi connectivity index (χ0n) is 30.0. The number of aromatic nitrogens is 5. The summed E-state index contributed by atoms with van der Waals surface area (Å²) in [6.07, 6.45) is 7.73. The second kappa shape index (κ2) is 14.9. The van der Waals surface area contributed by atoms with E-state index in [4.69, 9.17) is 9.72 Å². The highest BCUT2D eigenvalue weighted by Gasteiger charge is 2.26. The fourth-order valence-corrected chi connectivity index (χ4v) is 7.58. The highest BCUT2D eigenvalue weighted by molar-refractivity contribution is 8.00. The Labute approximate surface area is 294 Å². The number of thioether (sulfide) groups is 1. The van der Waals surface area contributed by atoms with Crippen molar-refractivity contribution in [1.82, 2.24) is 34.9 Å². The normalized spacial score (nSPS) is 17.9. The molecule has 0 radical (unpaired) electrons. The number of carbonyl (C=O) groups is 1. The van der Waals surface area contributed by atoms with Gasteiger partial charge in [0, 0.05) is 72.4 Å². The highest BCUT2D eigenvalue weighted by Crippen LogP contribution is 2.41. The first-order valence-electron chi connectivity index (χ1n) is 17.5. The van der Waals surface area contributed by atoms with Crippen molar-refractivity contribution in [2.24, 2.45) is 5.92 Å². The van der Waals surface area contributed by atoms with E-state index >= 15 is 0 Å². The minimum atomic E-state index is 0.00685. The maximum atomic E-state index is 13.1. The molecule has 12 heteroatoms. The summed E-state index contributed by atoms with van der Waals surface area (Å²) in [4.78, 5) is 34.6. The summed E-state index contributed by atoms with van der Waals surface area (Å²) in [5.41, 5.74) is 3.60. The Balaban J connectivity index is 1.02. The Morgan fingerprint density at radius 3 is 2.53 bits per heavy atom. The third kappa shape index (κ3) is 8.46. The van der Waals surface area contributed by atoms with Gasteiger partial charge in [-0.15, -0.1) is 11.8 Å². The second-order valence-electron chi connectivity index (χ2n) is 14.6. The number of H-pyrrole nitrogens is 1. The van der Waals surface area contributed by atoms with Gasteiger partial charge in [-0.25, -0.2) is 15.0 Å². The van der Waals surface area contributed by atoms with Crippen LogP contribution in [0.25, 0.3) is 10.9 Å². The lowest BCUT2D eigenvalue weighted by atomic mass is 9.92. The number of piperazine rings is 1. The number of pyridine rings is 1. The van der Waals surface area contributed by atoms with Gasteiger partial charge in [-0.05, 0) is 77.6 Å². The molecule has 2 aliphatic heterocycles. The van der Waals surface area contributed by atoms with Gasteiger partial charge in [0.25, 0.3) is 5.91 Å². The summed E-state index contributed by atoms with van der Waals surface area (Å²) in [7, 11) is 2.12. The Morgan fingerprint density at radius 2 is 1.86 bits per heavy atom. The first-order valence-corrected chi connectivity index (χ1v) is 18.4. The fourth-order valence-electron chi connectivity index (χ4n) is 6.52. The van der Waals surface area contributed by atoms with Crippen LogP contribution in [-0.2, 0) is 0 Å². The van der Waals surface area contributed by atoms with Crippen molar-refractivity contribution in [2.45, 2.75) is 82.9 Å². The van der Waals surface area contributed by atoms with Gasteiger partial charge < -0.3 is 24.8 Å². The molecule has 2 saturated heterocycles. The number of aromatic amines is 1. The SMILES string of the molecule is Cc1[nH]nc(Nc2ncnc3cc(OCCCC4CCN(c5ccc(C(=O)N6CCN(C)[C@H](C)C6)cn5)CC4)c(SC(C)(C)C)cc23)c1C. The number of benzene rings is 1. The zero-order valence-corrected chi connectivity index (χ0v) is 30.9. The summed E-state index contributed by atoms with van der Waals surface area (Å²) < 4.78 is 6.47. The lowest BCUT2D eigenvalue weighted by molar-refractivity contribution is 0.0572. The average Bonchev–Trinajstić information content (AvgIpc) is 3.40. The molecule has 0 aliphatic carbocycles. The molecule has 11 nitrogen and oxygen atoms in total. The molecule has 2 fully saturated rings. The molecule has 49 heavy (non-hydrogen) atoms. The molecule has 1 atom stereocenters. The van der Waals surface area contributed by atoms with Crippen molar-refractivity contribution >= 4 is 46.0 Å². The van der Waals surface area contributed by atoms with Crippen LogP contribution in [0, 0.1) is 19.8 Å². The maximum Gasteiger partial charge on any atom is 0.255 e. The fraction of sp³-hybridized carbons (Fsp3) is 0.541. The molecule has 2 N–H and O–H groups in total. The zero-order chi connectivity index (χ0) is 34.7. The summed E-state index contributed by atoms with van der Waals surface area (Å²) in [6, 6.07) is 8.53. The maximum absolute atomic E-state index is 13.1. The van der Waals surface area contributed by atoms with Crippen molar-refractivity contribution in [1.29, 1.82) is 0 Å². The third-order valence-corrected chi connectivity index (χ3v) is 11.0. The number of nitrogens with zero attached hydrogens (tertiary/aromatic N) is 7. The summed E-state index contributed by atoms with van der Waals surface area (Å²) >= 11 is 1.79. The number of hydrogen-bond acceptors (Lipinski definition) is 10. The van der Waals surface area contributed by atoms with Gasteiger partial charge >= 0.3 is 0 Å². The Morgan fingerprint density at radius 1 is 1.06 bits per heavy atom. The largest absolute Gasteiger partial charge is 0.492 e. The second-order valence-corrected chi connectivity index (χ2v) is 16.5. The average molecular weight is 686 g/mol. The van der Waals surface area contributed by atoms with E-state index in [0.29, 0.717) is 24.1 Å². The molecular formula is C37H51N9O2S. The number of aryl methyl sites for hydroxylation is 1. The molecule has 0 spiro atoms. The lowest BCUT2D eigenvalue weighted by Gasteiger charge is -2.37. The van der Waals surface area contributed by atoms with E-state index in [1.54, 1.807) is 24.3 Å². The first kappa shape index (κ1) is 34.9. The van der Waals surface area contributed by atoms with Crippen LogP contribution in [0.1, 0.15) is 75.0 Å². The molecule has 262 valence electrons. The molecule has 0 unspecified atom stereocenters. The molecule has 6 rings (SSSR count). The van der Waals surface area contributed by atoms with Gasteiger partial charge in [0.15, 0.2) is 5.82 Å². The van der Waals surface area contributed by atoms with Crippen LogP contribution in [0.4, 0.5) is 17.5 Å². The molecule has 0 saturated carbocycles. The Hall–Kier alpha value is -3.90. The number of nitrogens with one attached hydrogen (secondary N) is 2. The number of carbonyl (C=O) groups excluding carboxylic acids is 1. The molecule has 5 heterocycles. The van der Waals surface area contributed by atoms with E-state index in [1.165, 1.54) is 0 Å². The van der Waals surface area contributed by atoms with Crippen molar-refractivity contribution in [2.75, 3.05) is 56.6 Å². The molecule has 1 aromatic carbocycles. The number of likely N-dealkylation sites (N-methyl/N-ethyl adjacent to an activating group) is 1. The van der Waals surface area contributed by atoms with E-state index in [1.807, 2.05) is 30.9 Å². The van der Waals surface area contributed by atoms with Crippen LogP contribution >= 0.6 is 11.8 Å². The van der Waals surface area contributed by atoms with Crippen LogP contribution in [0.5, 0.6) is 5.75 Å². The van der Waals surface area contributed by atoms with Crippen LogP contribution in [0.2, 0.25) is 0 Å². The monoisotopic (exact) mass is 685 g/mol. The van der Waals surface area contributed by atoms with Crippen molar-refractivity contribution in [3.8, 4) is 5.75 Å². The van der Waals surface area contributed by atoms with Crippen LogP contribution < -0.4 is 15.0 Å². The number of ether oxygens (including phenoxy) is 1. The highest BCUT2D eigenvalue weighted by atomic mass is 32.2. The van der Waals surface area contributed by atoms with Crippen molar-refractivity contribution in [3.63, 3.8) is 0 Å². The van der Waals surface area contributed by atoms with Crippen molar-refractivity contribution in [3.05, 3.63) is 53.6 Å². The summed E-state index contributed by atoms with van der Waals surface area (Å²) in [5.74, 6) is 4.07. The minimum absolute atomic E-state index is 0.00685. The third-order valence-electron chi connectivity index (χ3n) is 9.80. The summed E-state index contributed by atoms with van der Waals surface area (Å²) in [5, 5.41) is 11.8. The molecule has 1 amide bonds. The first-order chi connectivity index (χ1) is 23.4. The van der Waals surface area contributed by atoms with Gasteiger partial charge in [0.2, 0.25) is 0 Å². The number of amides is 1. The standard InChI is InChI=1S/C37H51N9O2S/c1-24-22-46(17-16-44(24)7)36(47)28-10-11-33(38-21-28)45-14-12-27(13-15-45)9-8-18-48-31-20-30-29(19-32(31)49-37(4,5)6)35(40-23-39-30)41-34-25(2)26(3)42-43-34/h10-11,19-21,23-24,27H,8-9,12-18,22H2,1-7H3,(H2,39,40,41,42,43)/t24-/m1/s1. The van der Waals surface area contributed by atoms with Crippen LogP contribution in [0.15, 0.2) is 41.7 Å². The van der Waals surface area contributed by atoms with Gasteiger partial charge in [0.05, 0.1) is 22.6 Å². The molecular weight excluding hydrogens is 635 g/mol. The number of hydrogen-bond donors (Lipinski definition) is 2. The van der Waals surface area contributed by atoms with Crippen LogP contribution in [-0.4, -0.2) is 98.0 Å². The molecule has 0 bridgehead atoms. The number of rotatable bonds is 10. The van der Waals surface area contributed by atoms with Gasteiger partial charge in [-0.1, -0.05) is 20.8 Å². The van der Waals surface area contributed by atoms with E-state index < -0.39 is 0 Å². The molecule has 3 aromatic heterocycles. The Kier molecular flexibility index (Phi) is 10.6. The molecule has 4 aromatic rings. The summed E-state index contributed by atoms with van der Waals surface area (Å²) in [6.45, 7) is 17.9. The van der Waals surface area contributed by atoms with E-state index in [2.05, 4.69) is 82.2 Å². The predicted molar refractivity (Wildman–Crippen MR) is 198 cm³/mol. The van der Waals surface area contributed by atoms with E-state index in [9.17, 15) is 4.79 Å². The number of fused-ring (bicyclic) bond motifs is 1. The van der Waals surface area contributed by atoms with Gasteiger partial charge in [-0.2, -0.15) is 5.10 Å². The van der Waals surface area contributed by atoms with E-state index in [0.717, 1.165) is 109 Å². The number of piperidine rings is 1. The topological polar surface area (TPSA) is 115 Å². The minimum Gasteiger partial charge on any atom is -0.492 e. The quantitative estimate of drug-likeness (QED) is 0.136.